The number of carboxylic acid groups (broad SMARTS) is 1. The zero-order valence-electron chi connectivity index (χ0n) is 25.0. The van der Waals surface area contributed by atoms with Crippen LogP contribution in [0.5, 0.6) is 0 Å². The number of ether oxygens (including phenoxy) is 1. The lowest BCUT2D eigenvalue weighted by Gasteiger charge is -2.52. The van der Waals surface area contributed by atoms with Crippen molar-refractivity contribution in [2.24, 2.45) is 10.8 Å². The Morgan fingerprint density at radius 2 is 1.76 bits per heavy atom. The van der Waals surface area contributed by atoms with Crippen molar-refractivity contribution < 1.29 is 24.2 Å². The number of nitrogens with one attached hydrogen (secondary N) is 1. The fourth-order valence-electron chi connectivity index (χ4n) is 8.00. The summed E-state index contributed by atoms with van der Waals surface area (Å²) < 4.78 is 6.42. The third-order valence-electron chi connectivity index (χ3n) is 9.71. The average molecular weight is 570 g/mol. The summed E-state index contributed by atoms with van der Waals surface area (Å²) in [6.45, 7) is 8.31. The molecule has 1 amide bonds. The smallest absolute Gasteiger partial charge is 0.344 e. The molecule has 2 unspecified atom stereocenters. The van der Waals surface area contributed by atoms with Crippen molar-refractivity contribution in [1.82, 2.24) is 9.80 Å². The molecule has 0 saturated carbocycles. The molecule has 0 spiro atoms. The maximum atomic E-state index is 14.9. The van der Waals surface area contributed by atoms with Crippen molar-refractivity contribution >= 4 is 34.1 Å². The van der Waals surface area contributed by atoms with Gasteiger partial charge in [0.25, 0.3) is 0 Å². The molecule has 2 heterocycles. The van der Waals surface area contributed by atoms with Crippen molar-refractivity contribution in [3.63, 3.8) is 0 Å². The number of nitrogens with zero attached hydrogens (tertiary/aromatic N) is 1. The molecule has 3 aromatic carbocycles. The minimum atomic E-state index is -1.76. The predicted molar refractivity (Wildman–Crippen MR) is 163 cm³/mol. The van der Waals surface area contributed by atoms with E-state index in [4.69, 9.17) is 4.74 Å². The molecule has 0 bridgehead atoms. The Morgan fingerprint density at radius 3 is 2.48 bits per heavy atom. The van der Waals surface area contributed by atoms with Gasteiger partial charge in [0.15, 0.2) is 17.8 Å². The van der Waals surface area contributed by atoms with Crippen LogP contribution in [-0.2, 0) is 32.0 Å². The van der Waals surface area contributed by atoms with E-state index < -0.39 is 29.3 Å². The molecule has 0 aromatic heterocycles. The van der Waals surface area contributed by atoms with Crippen LogP contribution in [0.4, 0.5) is 5.69 Å². The lowest BCUT2D eigenvalue weighted by atomic mass is 9.70. The lowest BCUT2D eigenvalue weighted by molar-refractivity contribution is -0.164. The summed E-state index contributed by atoms with van der Waals surface area (Å²) in [5, 5.41) is 16.1. The number of hydrogen-bond donors (Lipinski definition) is 2. The van der Waals surface area contributed by atoms with Gasteiger partial charge in [-0.15, -0.1) is 0 Å². The highest BCUT2D eigenvalue weighted by atomic mass is 16.5. The van der Waals surface area contributed by atoms with E-state index >= 15 is 0 Å². The molecule has 6 rings (SSSR count). The minimum Gasteiger partial charge on any atom is -0.480 e. The number of Topliss-reactive ketones (excluding diaryl/α,β-unsaturated/α-hetero) is 1. The van der Waals surface area contributed by atoms with Gasteiger partial charge in [0.1, 0.15) is 17.8 Å². The first-order valence-electron chi connectivity index (χ1n) is 15.1. The number of carboxylic acids is 1. The molecule has 2 aliphatic heterocycles. The summed E-state index contributed by atoms with van der Waals surface area (Å²) in [5.41, 5.74) is 3.03. The number of rotatable bonds is 5. The van der Waals surface area contributed by atoms with Gasteiger partial charge in [-0.25, -0.2) is 9.28 Å². The van der Waals surface area contributed by atoms with E-state index in [0.29, 0.717) is 19.5 Å². The van der Waals surface area contributed by atoms with Gasteiger partial charge in [-0.3, -0.25) is 9.59 Å². The SMILES string of the molecule is CC(=O)[C@@]1(C(=O)O)CNCC[C@H]1[N+]1(CC(C)(C)C)C(=O)COC(c2cccc3ccccc23)c2cc3c(cc21)CCC3. The number of fused-ring (bicyclic) bond motifs is 3. The highest BCUT2D eigenvalue weighted by Gasteiger charge is 2.65. The average Bonchev–Trinajstić information content (AvgIpc) is 3.38. The molecule has 220 valence electrons. The number of hydrogen-bond acceptors (Lipinski definition) is 5. The van der Waals surface area contributed by atoms with Crippen LogP contribution in [0.2, 0.25) is 0 Å². The molecule has 3 aliphatic rings. The molecule has 42 heavy (non-hydrogen) atoms. The van der Waals surface area contributed by atoms with Crippen molar-refractivity contribution in [3.8, 4) is 0 Å². The molecule has 1 saturated heterocycles. The second-order valence-corrected chi connectivity index (χ2v) is 13.6. The van der Waals surface area contributed by atoms with Crippen LogP contribution >= 0.6 is 0 Å². The zero-order valence-corrected chi connectivity index (χ0v) is 25.0. The van der Waals surface area contributed by atoms with Crippen LogP contribution in [0.1, 0.15) is 68.9 Å². The molecular formula is C35H41N2O5+. The van der Waals surface area contributed by atoms with Gasteiger partial charge in [-0.1, -0.05) is 63.2 Å². The van der Waals surface area contributed by atoms with Crippen LogP contribution in [0.3, 0.4) is 0 Å². The second kappa shape index (κ2) is 10.4. The van der Waals surface area contributed by atoms with Crippen LogP contribution < -0.4 is 9.80 Å². The maximum Gasteiger partial charge on any atom is 0.344 e. The molecular weight excluding hydrogens is 528 g/mol. The number of quaternary nitrogens is 1. The summed E-state index contributed by atoms with van der Waals surface area (Å²) in [6.07, 6.45) is 2.76. The van der Waals surface area contributed by atoms with Crippen molar-refractivity contribution in [3.05, 3.63) is 76.9 Å². The standard InChI is InChI=1S/C35H40N2O5/c1-22(38)35(33(40)41)20-36-16-15-30(35)37(21-34(2,3)4)29-18-25-12-7-11-24(25)17-28(29)32(42-19-31(37)39)27-14-8-10-23-9-5-6-13-26(23)27/h5-6,8-10,13-14,17-18,30,32,36H,7,11-12,15-16,19-21H2,1-4H3/p+1/t30-,32?,35+,37?/m1/s1. The van der Waals surface area contributed by atoms with Gasteiger partial charge in [0, 0.05) is 36.6 Å². The number of carbonyl (C=O) groups is 3. The summed E-state index contributed by atoms with van der Waals surface area (Å²) in [6, 6.07) is 18.0. The molecule has 3 aromatic rings. The van der Waals surface area contributed by atoms with Gasteiger partial charge in [0.05, 0.1) is 6.54 Å². The Labute approximate surface area is 247 Å². The largest absolute Gasteiger partial charge is 0.480 e. The van der Waals surface area contributed by atoms with Crippen LogP contribution in [-0.4, -0.2) is 55.0 Å². The Bertz CT molecular complexity index is 1570. The highest BCUT2D eigenvalue weighted by molar-refractivity contribution is 6.05. The van der Waals surface area contributed by atoms with E-state index in [1.807, 2.05) is 18.2 Å². The van der Waals surface area contributed by atoms with Gasteiger partial charge in [0.2, 0.25) is 0 Å². The van der Waals surface area contributed by atoms with E-state index in [0.717, 1.165) is 46.8 Å². The number of ketones is 1. The fraction of sp³-hybridized carbons (Fsp3) is 0.457. The molecule has 0 radical (unpaired) electrons. The monoisotopic (exact) mass is 569 g/mol. The number of carbonyl (C=O) groups excluding carboxylic acids is 2. The van der Waals surface area contributed by atoms with Gasteiger partial charge in [-0.05, 0) is 59.7 Å². The summed E-state index contributed by atoms with van der Waals surface area (Å²) in [5.74, 6) is -1.79. The van der Waals surface area contributed by atoms with Crippen LogP contribution in [0.25, 0.3) is 10.8 Å². The summed E-state index contributed by atoms with van der Waals surface area (Å²) in [4.78, 5) is 41.5. The van der Waals surface area contributed by atoms with E-state index in [1.165, 1.54) is 18.1 Å². The van der Waals surface area contributed by atoms with E-state index in [1.54, 1.807) is 0 Å². The van der Waals surface area contributed by atoms with Crippen molar-refractivity contribution in [2.75, 3.05) is 26.2 Å². The summed E-state index contributed by atoms with van der Waals surface area (Å²) in [7, 11) is 0. The molecule has 1 fully saturated rings. The lowest BCUT2D eigenvalue weighted by Crippen LogP contribution is -2.75. The Morgan fingerprint density at radius 1 is 1.05 bits per heavy atom. The van der Waals surface area contributed by atoms with Gasteiger partial charge >= 0.3 is 11.9 Å². The Kier molecular flexibility index (Phi) is 7.11. The van der Waals surface area contributed by atoms with Gasteiger partial charge < -0.3 is 15.2 Å². The molecule has 2 N–H and O–H groups in total. The third kappa shape index (κ3) is 4.41. The Hall–Kier alpha value is -3.39. The van der Waals surface area contributed by atoms with E-state index in [9.17, 15) is 19.5 Å². The number of aryl methyl sites for hydroxylation is 2. The maximum absolute atomic E-state index is 14.9. The summed E-state index contributed by atoms with van der Waals surface area (Å²) >= 11 is 0. The van der Waals surface area contributed by atoms with Crippen molar-refractivity contribution in [2.45, 2.75) is 65.5 Å². The molecule has 7 nitrogen and oxygen atoms in total. The molecule has 4 atom stereocenters. The van der Waals surface area contributed by atoms with Crippen LogP contribution in [0, 0.1) is 10.8 Å². The number of benzene rings is 3. The molecule has 7 heteroatoms. The van der Waals surface area contributed by atoms with E-state index in [-0.39, 0.29) is 29.0 Å². The predicted octanol–water partition coefficient (Wildman–Crippen LogP) is 5.35. The topological polar surface area (TPSA) is 92.7 Å². The number of piperidine rings is 1. The fourth-order valence-corrected chi connectivity index (χ4v) is 8.00. The second-order valence-electron chi connectivity index (χ2n) is 13.6. The van der Waals surface area contributed by atoms with Gasteiger partial charge in [-0.2, -0.15) is 0 Å². The van der Waals surface area contributed by atoms with Crippen molar-refractivity contribution in [1.29, 1.82) is 0 Å². The normalized spacial score (nSPS) is 27.8. The number of aliphatic carboxylic acids is 1. The first-order chi connectivity index (χ1) is 20.0. The zero-order chi connectivity index (χ0) is 29.9. The first-order valence-corrected chi connectivity index (χ1v) is 15.1. The quantitative estimate of drug-likeness (QED) is 0.318. The van der Waals surface area contributed by atoms with Crippen LogP contribution in [0.15, 0.2) is 54.6 Å². The molecule has 1 aliphatic carbocycles. The number of amides is 1. The third-order valence-corrected chi connectivity index (χ3v) is 9.71. The minimum absolute atomic E-state index is 0.00631. The first kappa shape index (κ1) is 28.7. The van der Waals surface area contributed by atoms with E-state index in [2.05, 4.69) is 62.5 Å². The highest BCUT2D eigenvalue weighted by Crippen LogP contribution is 2.50. The Balaban J connectivity index is 1.69.